The molecule has 0 aliphatic carbocycles. The molecule has 0 bridgehead atoms. The molecule has 7 N–H and O–H groups in total. The van der Waals surface area contributed by atoms with Gasteiger partial charge in [0.05, 0.1) is 12.7 Å². The van der Waals surface area contributed by atoms with Crippen molar-refractivity contribution in [2.75, 3.05) is 13.2 Å². The number of carbonyl (C=O) groups is 2. The van der Waals surface area contributed by atoms with Gasteiger partial charge in [-0.1, -0.05) is 0 Å². The van der Waals surface area contributed by atoms with Crippen LogP contribution in [0, 0.1) is 0 Å². The Labute approximate surface area is 133 Å². The molecule has 0 radical (unpaired) electrons. The van der Waals surface area contributed by atoms with Crippen LogP contribution in [0.25, 0.3) is 0 Å². The van der Waals surface area contributed by atoms with Crippen molar-refractivity contribution >= 4 is 11.9 Å². The molecule has 0 saturated carbocycles. The molecule has 2 saturated heterocycles. The predicted octanol–water partition coefficient (Wildman–Crippen LogP) is -3.72. The standard InChI is InChI=1S/C13H24N4O6/c1-5-6(2)17(3-7(19)10(21)8(20)4-18)11-9(14-5)12(22)16-13(23)15-11/h5-11,14,18-21H,3-4H2,1-2H3,(H2,15,16,22,23)/t5?,6?,7-,8+,9?,10-,11?/m0/s1. The summed E-state index contributed by atoms with van der Waals surface area (Å²) in [6, 6.07) is -1.58. The molecule has 0 aromatic carbocycles. The van der Waals surface area contributed by atoms with Crippen molar-refractivity contribution in [2.24, 2.45) is 0 Å². The Hall–Kier alpha value is -1.30. The SMILES string of the molecule is CC1NC2C(=O)NC(=O)NC2N(C[C@H](O)[C@H](O)[C@H](O)CO)C1C. The molecule has 4 unspecified atom stereocenters. The van der Waals surface area contributed by atoms with Crippen molar-refractivity contribution in [3.63, 3.8) is 0 Å². The summed E-state index contributed by atoms with van der Waals surface area (Å²) in [7, 11) is 0. The molecule has 10 heteroatoms. The smallest absolute Gasteiger partial charge is 0.322 e. The number of fused-ring (bicyclic) bond motifs is 1. The first-order chi connectivity index (χ1) is 10.8. The highest BCUT2D eigenvalue weighted by molar-refractivity contribution is 6.00. The number of nitrogens with zero attached hydrogens (tertiary/aromatic N) is 1. The van der Waals surface area contributed by atoms with Crippen molar-refractivity contribution in [1.29, 1.82) is 0 Å². The number of piperazine rings is 1. The van der Waals surface area contributed by atoms with Crippen LogP contribution >= 0.6 is 0 Å². The minimum absolute atomic E-state index is 0.0832. The van der Waals surface area contributed by atoms with E-state index in [1.807, 2.05) is 13.8 Å². The maximum atomic E-state index is 12.0. The fourth-order valence-electron chi connectivity index (χ4n) is 2.96. The second-order valence-corrected chi connectivity index (χ2v) is 6.09. The third kappa shape index (κ3) is 3.62. The molecule has 132 valence electrons. The van der Waals surface area contributed by atoms with Gasteiger partial charge in [-0.3, -0.25) is 20.3 Å². The van der Waals surface area contributed by atoms with E-state index >= 15 is 0 Å². The largest absolute Gasteiger partial charge is 0.394 e. The normalized spacial score (nSPS) is 35.7. The summed E-state index contributed by atoms with van der Waals surface area (Å²) >= 11 is 0. The van der Waals surface area contributed by atoms with Gasteiger partial charge in [-0.25, -0.2) is 4.79 Å². The highest BCUT2D eigenvalue weighted by Gasteiger charge is 2.47. The number of β-amino-alcohol motifs (C(OH)–C–C–N with tert-alkyl or cyclic N) is 1. The molecule has 2 rings (SSSR count). The molecule has 0 spiro atoms. The van der Waals surface area contributed by atoms with Gasteiger partial charge in [-0.2, -0.15) is 0 Å². The summed E-state index contributed by atoms with van der Waals surface area (Å²) in [6.45, 7) is 2.95. The lowest BCUT2D eigenvalue weighted by Crippen LogP contribution is -2.78. The summed E-state index contributed by atoms with van der Waals surface area (Å²) in [6.07, 6.45) is -5.05. The number of carbonyl (C=O) groups excluding carboxylic acids is 2. The van der Waals surface area contributed by atoms with Gasteiger partial charge in [-0.15, -0.1) is 0 Å². The van der Waals surface area contributed by atoms with Crippen LogP contribution in [0.5, 0.6) is 0 Å². The van der Waals surface area contributed by atoms with Gasteiger partial charge in [0.25, 0.3) is 0 Å². The highest BCUT2D eigenvalue weighted by Crippen LogP contribution is 2.21. The molecule has 0 aromatic heterocycles. The Balaban J connectivity index is 2.16. The summed E-state index contributed by atoms with van der Waals surface area (Å²) in [5.41, 5.74) is 0. The molecular formula is C13H24N4O6. The number of hydrogen-bond donors (Lipinski definition) is 7. The number of nitrogens with one attached hydrogen (secondary N) is 3. The molecule has 23 heavy (non-hydrogen) atoms. The van der Waals surface area contributed by atoms with Gasteiger partial charge in [-0.05, 0) is 13.8 Å². The second-order valence-electron chi connectivity index (χ2n) is 6.09. The molecule has 7 atom stereocenters. The Morgan fingerprint density at radius 3 is 2.43 bits per heavy atom. The fourth-order valence-corrected chi connectivity index (χ4v) is 2.96. The van der Waals surface area contributed by atoms with Crippen LogP contribution in [0.15, 0.2) is 0 Å². The van der Waals surface area contributed by atoms with Gasteiger partial charge < -0.3 is 25.7 Å². The van der Waals surface area contributed by atoms with Crippen LogP contribution in [-0.2, 0) is 4.79 Å². The lowest BCUT2D eigenvalue weighted by molar-refractivity contribution is -0.131. The topological polar surface area (TPSA) is 154 Å². The van der Waals surface area contributed by atoms with Crippen LogP contribution in [0.3, 0.4) is 0 Å². The summed E-state index contributed by atoms with van der Waals surface area (Å²) in [4.78, 5) is 25.2. The second kappa shape index (κ2) is 7.07. The monoisotopic (exact) mass is 332 g/mol. The van der Waals surface area contributed by atoms with Crippen molar-refractivity contribution in [3.05, 3.63) is 0 Å². The van der Waals surface area contributed by atoms with E-state index < -0.39 is 49.1 Å². The van der Waals surface area contributed by atoms with Crippen LogP contribution in [0.1, 0.15) is 13.8 Å². The van der Waals surface area contributed by atoms with Crippen LogP contribution < -0.4 is 16.0 Å². The molecular weight excluding hydrogens is 308 g/mol. The molecule has 2 aliphatic rings. The van der Waals surface area contributed by atoms with Gasteiger partial charge in [0.1, 0.15) is 24.4 Å². The first kappa shape index (κ1) is 18.0. The van der Waals surface area contributed by atoms with Crippen molar-refractivity contribution in [2.45, 2.75) is 56.5 Å². The summed E-state index contributed by atoms with van der Waals surface area (Å²) in [5, 5.41) is 46.1. The Morgan fingerprint density at radius 2 is 1.83 bits per heavy atom. The van der Waals surface area contributed by atoms with Crippen molar-refractivity contribution in [1.82, 2.24) is 20.9 Å². The first-order valence-corrected chi connectivity index (χ1v) is 7.54. The van der Waals surface area contributed by atoms with Gasteiger partial charge in [0.2, 0.25) is 5.91 Å². The zero-order chi connectivity index (χ0) is 17.3. The van der Waals surface area contributed by atoms with Crippen molar-refractivity contribution in [3.8, 4) is 0 Å². The van der Waals surface area contributed by atoms with E-state index in [4.69, 9.17) is 5.11 Å². The maximum absolute atomic E-state index is 12.0. The van der Waals surface area contributed by atoms with E-state index in [1.54, 1.807) is 4.90 Å². The van der Waals surface area contributed by atoms with Gasteiger partial charge in [0.15, 0.2) is 0 Å². The number of aliphatic hydroxyl groups is 4. The third-order valence-electron chi connectivity index (χ3n) is 4.53. The molecule has 2 aliphatic heterocycles. The molecule has 2 heterocycles. The average molecular weight is 332 g/mol. The molecule has 0 aromatic rings. The molecule has 3 amide bonds. The Kier molecular flexibility index (Phi) is 5.55. The van der Waals surface area contributed by atoms with E-state index in [9.17, 15) is 24.9 Å². The number of imide groups is 1. The minimum Gasteiger partial charge on any atom is -0.394 e. The number of hydrogen-bond acceptors (Lipinski definition) is 8. The number of rotatable bonds is 5. The number of urea groups is 1. The van der Waals surface area contributed by atoms with Gasteiger partial charge in [0, 0.05) is 18.6 Å². The Morgan fingerprint density at radius 1 is 1.17 bits per heavy atom. The minimum atomic E-state index is -1.54. The van der Waals surface area contributed by atoms with E-state index in [0.717, 1.165) is 0 Å². The molecule has 10 nitrogen and oxygen atoms in total. The van der Waals surface area contributed by atoms with Gasteiger partial charge >= 0.3 is 6.03 Å². The first-order valence-electron chi connectivity index (χ1n) is 7.54. The van der Waals surface area contributed by atoms with Crippen LogP contribution in [-0.4, -0.2) is 93.0 Å². The van der Waals surface area contributed by atoms with E-state index in [1.165, 1.54) is 0 Å². The van der Waals surface area contributed by atoms with Crippen molar-refractivity contribution < 1.29 is 30.0 Å². The van der Waals surface area contributed by atoms with E-state index in [2.05, 4.69) is 16.0 Å². The fraction of sp³-hybridized carbons (Fsp3) is 0.846. The number of aliphatic hydroxyl groups excluding tert-OH is 4. The van der Waals surface area contributed by atoms with Crippen LogP contribution in [0.2, 0.25) is 0 Å². The zero-order valence-electron chi connectivity index (χ0n) is 13.0. The lowest BCUT2D eigenvalue weighted by Gasteiger charge is -2.50. The van der Waals surface area contributed by atoms with Crippen LogP contribution in [0.4, 0.5) is 4.79 Å². The Bertz CT molecular complexity index is 464. The van der Waals surface area contributed by atoms with E-state index in [0.29, 0.717) is 0 Å². The molecule has 2 fully saturated rings. The zero-order valence-corrected chi connectivity index (χ0v) is 13.0. The highest BCUT2D eigenvalue weighted by atomic mass is 16.4. The average Bonchev–Trinajstić information content (AvgIpc) is 2.51. The third-order valence-corrected chi connectivity index (χ3v) is 4.53. The summed E-state index contributed by atoms with van der Waals surface area (Å²) < 4.78 is 0. The quantitative estimate of drug-likeness (QED) is 0.271. The number of amides is 3. The van der Waals surface area contributed by atoms with E-state index in [-0.39, 0.29) is 18.6 Å². The predicted molar refractivity (Wildman–Crippen MR) is 78.1 cm³/mol. The maximum Gasteiger partial charge on any atom is 0.322 e. The lowest BCUT2D eigenvalue weighted by atomic mass is 9.96. The summed E-state index contributed by atoms with van der Waals surface area (Å²) in [5.74, 6) is -0.465.